The van der Waals surface area contributed by atoms with Crippen molar-refractivity contribution in [2.45, 2.75) is 25.7 Å². The van der Waals surface area contributed by atoms with Gasteiger partial charge in [-0.3, -0.25) is 4.79 Å². The quantitative estimate of drug-likeness (QED) is 0.892. The number of hydrogen-bond donors (Lipinski definition) is 1. The van der Waals surface area contributed by atoms with E-state index in [2.05, 4.69) is 43.0 Å². The average molecular weight is 247 g/mol. The van der Waals surface area contributed by atoms with Gasteiger partial charge < -0.3 is 10.0 Å². The summed E-state index contributed by atoms with van der Waals surface area (Å²) >= 11 is 0. The second kappa shape index (κ2) is 5.11. The summed E-state index contributed by atoms with van der Waals surface area (Å²) in [7, 11) is 1.98. The lowest BCUT2D eigenvalue weighted by Crippen LogP contribution is -2.21. The van der Waals surface area contributed by atoms with E-state index in [1.165, 1.54) is 5.56 Å². The molecule has 3 nitrogen and oxygen atoms in total. The zero-order valence-corrected chi connectivity index (χ0v) is 11.3. The van der Waals surface area contributed by atoms with Gasteiger partial charge in [-0.15, -0.1) is 0 Å². The van der Waals surface area contributed by atoms with Crippen molar-refractivity contribution in [2.75, 3.05) is 20.1 Å². The number of aliphatic carboxylic acids is 1. The van der Waals surface area contributed by atoms with E-state index in [0.29, 0.717) is 12.5 Å². The predicted octanol–water partition coefficient (Wildman–Crippen LogP) is 2.54. The summed E-state index contributed by atoms with van der Waals surface area (Å²) < 4.78 is 0. The van der Waals surface area contributed by atoms with Gasteiger partial charge in [0.05, 0.1) is 5.92 Å². The number of carbonyl (C=O) groups is 1. The van der Waals surface area contributed by atoms with Gasteiger partial charge in [-0.2, -0.15) is 0 Å². The SMILES string of the molecule is CC(C)c1ccc(C2CN(C)CC2C(=O)O)cc1. The van der Waals surface area contributed by atoms with Crippen LogP contribution in [0.1, 0.15) is 36.8 Å². The molecule has 1 aromatic carbocycles. The van der Waals surface area contributed by atoms with Gasteiger partial charge in [-0.1, -0.05) is 38.1 Å². The number of likely N-dealkylation sites (N-methyl/N-ethyl adjacent to an activating group) is 1. The fourth-order valence-corrected chi connectivity index (χ4v) is 2.72. The summed E-state index contributed by atoms with van der Waals surface area (Å²) in [5, 5.41) is 9.28. The van der Waals surface area contributed by atoms with Gasteiger partial charge in [0.15, 0.2) is 0 Å². The summed E-state index contributed by atoms with van der Waals surface area (Å²) in [4.78, 5) is 13.4. The van der Waals surface area contributed by atoms with Crippen LogP contribution in [0.4, 0.5) is 0 Å². The molecule has 0 amide bonds. The van der Waals surface area contributed by atoms with E-state index in [9.17, 15) is 9.90 Å². The summed E-state index contributed by atoms with van der Waals surface area (Å²) in [5.74, 6) is -0.327. The molecular weight excluding hydrogens is 226 g/mol. The molecule has 0 bridgehead atoms. The Kier molecular flexibility index (Phi) is 3.71. The molecular formula is C15H21NO2. The van der Waals surface area contributed by atoms with Crippen molar-refractivity contribution in [1.29, 1.82) is 0 Å². The molecule has 18 heavy (non-hydrogen) atoms. The Hall–Kier alpha value is -1.35. The topological polar surface area (TPSA) is 40.5 Å². The maximum atomic E-state index is 11.3. The molecule has 0 spiro atoms. The molecule has 2 atom stereocenters. The fourth-order valence-electron chi connectivity index (χ4n) is 2.72. The third-order valence-electron chi connectivity index (χ3n) is 3.85. The van der Waals surface area contributed by atoms with Crippen LogP contribution in [-0.2, 0) is 4.79 Å². The van der Waals surface area contributed by atoms with Crippen LogP contribution >= 0.6 is 0 Å². The molecule has 0 saturated carbocycles. The van der Waals surface area contributed by atoms with Gasteiger partial charge in [-0.05, 0) is 24.1 Å². The highest BCUT2D eigenvalue weighted by Crippen LogP contribution is 2.32. The van der Waals surface area contributed by atoms with E-state index in [0.717, 1.165) is 12.1 Å². The standard InChI is InChI=1S/C15H21NO2/c1-10(2)11-4-6-12(7-5-11)13-8-16(3)9-14(13)15(17)18/h4-7,10,13-14H,8-9H2,1-3H3,(H,17,18). The van der Waals surface area contributed by atoms with Crippen LogP contribution < -0.4 is 0 Å². The maximum Gasteiger partial charge on any atom is 0.308 e. The lowest BCUT2D eigenvalue weighted by Gasteiger charge is -2.16. The van der Waals surface area contributed by atoms with Gasteiger partial charge in [0.2, 0.25) is 0 Å². The highest BCUT2D eigenvalue weighted by Gasteiger charge is 2.36. The first kappa shape index (κ1) is 13.1. The number of hydrogen-bond acceptors (Lipinski definition) is 2. The van der Waals surface area contributed by atoms with Crippen LogP contribution in [0.2, 0.25) is 0 Å². The maximum absolute atomic E-state index is 11.3. The monoisotopic (exact) mass is 247 g/mol. The van der Waals surface area contributed by atoms with Gasteiger partial charge in [-0.25, -0.2) is 0 Å². The normalized spacial score (nSPS) is 24.7. The number of likely N-dealkylation sites (tertiary alicyclic amines) is 1. The Morgan fingerprint density at radius 3 is 2.39 bits per heavy atom. The van der Waals surface area contributed by atoms with E-state index >= 15 is 0 Å². The van der Waals surface area contributed by atoms with E-state index in [1.807, 2.05) is 7.05 Å². The van der Waals surface area contributed by atoms with E-state index in [-0.39, 0.29) is 11.8 Å². The van der Waals surface area contributed by atoms with Crippen LogP contribution in [0, 0.1) is 5.92 Å². The van der Waals surface area contributed by atoms with Crippen molar-refractivity contribution >= 4 is 5.97 Å². The Morgan fingerprint density at radius 2 is 1.89 bits per heavy atom. The molecule has 98 valence electrons. The molecule has 1 aliphatic heterocycles. The molecule has 0 radical (unpaired) electrons. The highest BCUT2D eigenvalue weighted by molar-refractivity contribution is 5.72. The van der Waals surface area contributed by atoms with Crippen LogP contribution in [0.5, 0.6) is 0 Å². The molecule has 1 N–H and O–H groups in total. The van der Waals surface area contributed by atoms with E-state index in [1.54, 1.807) is 0 Å². The Bertz CT molecular complexity index is 425. The van der Waals surface area contributed by atoms with Gasteiger partial charge in [0.25, 0.3) is 0 Å². The smallest absolute Gasteiger partial charge is 0.308 e. The molecule has 1 saturated heterocycles. The minimum Gasteiger partial charge on any atom is -0.481 e. The third kappa shape index (κ3) is 2.56. The fraction of sp³-hybridized carbons (Fsp3) is 0.533. The van der Waals surface area contributed by atoms with E-state index < -0.39 is 5.97 Å². The largest absolute Gasteiger partial charge is 0.481 e. The lowest BCUT2D eigenvalue weighted by atomic mass is 9.88. The Morgan fingerprint density at radius 1 is 1.28 bits per heavy atom. The highest BCUT2D eigenvalue weighted by atomic mass is 16.4. The molecule has 1 heterocycles. The molecule has 0 aliphatic carbocycles. The lowest BCUT2D eigenvalue weighted by molar-refractivity contribution is -0.141. The third-order valence-corrected chi connectivity index (χ3v) is 3.85. The summed E-state index contributed by atoms with van der Waals surface area (Å²) in [5.41, 5.74) is 2.45. The molecule has 2 unspecified atom stereocenters. The molecule has 1 aromatic rings. The number of rotatable bonds is 3. The zero-order valence-electron chi connectivity index (χ0n) is 11.3. The average Bonchev–Trinajstić information content (AvgIpc) is 2.71. The van der Waals surface area contributed by atoms with Crippen molar-refractivity contribution in [3.05, 3.63) is 35.4 Å². The summed E-state index contributed by atoms with van der Waals surface area (Å²) in [6.45, 7) is 5.81. The molecule has 1 aliphatic rings. The minimum atomic E-state index is -0.683. The number of carboxylic acid groups (broad SMARTS) is 1. The first-order valence-corrected chi connectivity index (χ1v) is 6.50. The van der Waals surface area contributed by atoms with Crippen molar-refractivity contribution in [1.82, 2.24) is 4.90 Å². The van der Waals surface area contributed by atoms with Crippen molar-refractivity contribution in [3.8, 4) is 0 Å². The zero-order chi connectivity index (χ0) is 13.3. The van der Waals surface area contributed by atoms with E-state index in [4.69, 9.17) is 0 Å². The summed E-state index contributed by atoms with van der Waals surface area (Å²) in [6, 6.07) is 8.43. The Balaban J connectivity index is 2.22. The van der Waals surface area contributed by atoms with Gasteiger partial charge in [0.1, 0.15) is 0 Å². The van der Waals surface area contributed by atoms with Crippen LogP contribution in [-0.4, -0.2) is 36.1 Å². The second-order valence-corrected chi connectivity index (χ2v) is 5.59. The van der Waals surface area contributed by atoms with Crippen molar-refractivity contribution < 1.29 is 9.90 Å². The second-order valence-electron chi connectivity index (χ2n) is 5.59. The van der Waals surface area contributed by atoms with Gasteiger partial charge >= 0.3 is 5.97 Å². The number of nitrogens with zero attached hydrogens (tertiary/aromatic N) is 1. The first-order chi connectivity index (χ1) is 8.49. The summed E-state index contributed by atoms with van der Waals surface area (Å²) in [6.07, 6.45) is 0. The number of benzene rings is 1. The molecule has 3 heteroatoms. The van der Waals surface area contributed by atoms with Gasteiger partial charge in [0, 0.05) is 19.0 Å². The molecule has 0 aromatic heterocycles. The predicted molar refractivity (Wildman–Crippen MR) is 71.9 cm³/mol. The Labute approximate surface area is 108 Å². The minimum absolute atomic E-state index is 0.119. The number of carboxylic acids is 1. The van der Waals surface area contributed by atoms with Crippen molar-refractivity contribution in [2.24, 2.45) is 5.92 Å². The van der Waals surface area contributed by atoms with Crippen LogP contribution in [0.3, 0.4) is 0 Å². The molecule has 2 rings (SSSR count). The van der Waals surface area contributed by atoms with Crippen LogP contribution in [0.25, 0.3) is 0 Å². The van der Waals surface area contributed by atoms with Crippen LogP contribution in [0.15, 0.2) is 24.3 Å². The van der Waals surface area contributed by atoms with Crippen molar-refractivity contribution in [3.63, 3.8) is 0 Å². The molecule has 1 fully saturated rings. The first-order valence-electron chi connectivity index (χ1n) is 6.50.